The van der Waals surface area contributed by atoms with Crippen LogP contribution in [0.1, 0.15) is 43.7 Å². The van der Waals surface area contributed by atoms with Crippen molar-refractivity contribution in [2.24, 2.45) is 11.8 Å². The van der Waals surface area contributed by atoms with Crippen molar-refractivity contribution < 1.29 is 0 Å². The summed E-state index contributed by atoms with van der Waals surface area (Å²) in [6.07, 6.45) is 9.43. The SMILES string of the molecule is CC(C)C1c2ccccc2C2=CC=CCCC21. The Kier molecular flexibility index (Phi) is 2.66. The highest BCUT2D eigenvalue weighted by molar-refractivity contribution is 5.77. The molecule has 2 aliphatic carbocycles. The number of allylic oxidation sites excluding steroid dienone is 4. The predicted octanol–water partition coefficient (Wildman–Crippen LogP) is 4.79. The van der Waals surface area contributed by atoms with Crippen LogP contribution in [0.15, 0.2) is 42.5 Å². The van der Waals surface area contributed by atoms with Gasteiger partial charge in [0.25, 0.3) is 0 Å². The highest BCUT2D eigenvalue weighted by Gasteiger charge is 2.37. The predicted molar refractivity (Wildman–Crippen MR) is 73.9 cm³/mol. The normalized spacial score (nSPS) is 26.4. The molecular weight excluding hydrogens is 204 g/mol. The van der Waals surface area contributed by atoms with E-state index in [1.165, 1.54) is 18.4 Å². The summed E-state index contributed by atoms with van der Waals surface area (Å²) in [4.78, 5) is 0. The van der Waals surface area contributed by atoms with E-state index in [-0.39, 0.29) is 0 Å². The molecule has 0 N–H and O–H groups in total. The Balaban J connectivity index is 2.15. The van der Waals surface area contributed by atoms with Crippen molar-refractivity contribution in [3.8, 4) is 0 Å². The fraction of sp³-hybridized carbons (Fsp3) is 0.412. The minimum Gasteiger partial charge on any atom is -0.0845 e. The summed E-state index contributed by atoms with van der Waals surface area (Å²) in [7, 11) is 0. The van der Waals surface area contributed by atoms with E-state index < -0.39 is 0 Å². The molecule has 2 atom stereocenters. The van der Waals surface area contributed by atoms with E-state index in [0.717, 1.165) is 17.8 Å². The van der Waals surface area contributed by atoms with Crippen LogP contribution < -0.4 is 0 Å². The minimum absolute atomic E-state index is 0.720. The second kappa shape index (κ2) is 4.18. The van der Waals surface area contributed by atoms with Gasteiger partial charge in [0, 0.05) is 0 Å². The molecule has 2 aliphatic rings. The smallest absolute Gasteiger partial charge is 0.00636 e. The third-order valence-corrected chi connectivity index (χ3v) is 4.24. The number of hydrogen-bond donors (Lipinski definition) is 0. The van der Waals surface area contributed by atoms with Crippen molar-refractivity contribution in [2.45, 2.75) is 32.6 Å². The quantitative estimate of drug-likeness (QED) is 0.643. The zero-order chi connectivity index (χ0) is 11.8. The van der Waals surface area contributed by atoms with Crippen LogP contribution in [-0.2, 0) is 0 Å². The van der Waals surface area contributed by atoms with E-state index in [9.17, 15) is 0 Å². The summed E-state index contributed by atoms with van der Waals surface area (Å²) in [5.41, 5.74) is 4.66. The number of fused-ring (bicyclic) bond motifs is 3. The van der Waals surface area contributed by atoms with Gasteiger partial charge in [-0.2, -0.15) is 0 Å². The lowest BCUT2D eigenvalue weighted by Crippen LogP contribution is -2.13. The zero-order valence-electron chi connectivity index (χ0n) is 10.7. The monoisotopic (exact) mass is 224 g/mol. The van der Waals surface area contributed by atoms with Gasteiger partial charge in [0.05, 0.1) is 0 Å². The van der Waals surface area contributed by atoms with Crippen LogP contribution in [0.2, 0.25) is 0 Å². The molecular formula is C17H20. The molecule has 88 valence electrons. The third kappa shape index (κ3) is 1.67. The Morgan fingerprint density at radius 3 is 2.82 bits per heavy atom. The standard InChI is InChI=1S/C17H20/c1-12(2)17-15-10-5-3-4-8-13(15)14-9-6-7-11-16(14)17/h3-4,6-9,11-12,15,17H,5,10H2,1-2H3. The highest BCUT2D eigenvalue weighted by Crippen LogP contribution is 2.51. The van der Waals surface area contributed by atoms with Crippen molar-refractivity contribution in [2.75, 3.05) is 0 Å². The first kappa shape index (κ1) is 10.8. The second-order valence-electron chi connectivity index (χ2n) is 5.59. The molecule has 0 radical (unpaired) electrons. The maximum atomic E-state index is 2.36. The average molecular weight is 224 g/mol. The minimum atomic E-state index is 0.720. The molecule has 0 aromatic heterocycles. The third-order valence-electron chi connectivity index (χ3n) is 4.24. The fourth-order valence-corrected chi connectivity index (χ4v) is 3.58. The maximum Gasteiger partial charge on any atom is -0.00636 e. The summed E-state index contributed by atoms with van der Waals surface area (Å²) in [5.74, 6) is 2.19. The lowest BCUT2D eigenvalue weighted by molar-refractivity contribution is 0.405. The molecule has 0 saturated heterocycles. The highest BCUT2D eigenvalue weighted by atomic mass is 14.4. The van der Waals surface area contributed by atoms with Gasteiger partial charge in [0.2, 0.25) is 0 Å². The van der Waals surface area contributed by atoms with Gasteiger partial charge in [-0.05, 0) is 47.3 Å². The zero-order valence-corrected chi connectivity index (χ0v) is 10.7. The molecule has 0 amide bonds. The van der Waals surface area contributed by atoms with Crippen molar-refractivity contribution in [3.05, 3.63) is 53.6 Å². The van der Waals surface area contributed by atoms with E-state index in [1.54, 1.807) is 11.1 Å². The van der Waals surface area contributed by atoms with Crippen LogP contribution in [-0.4, -0.2) is 0 Å². The van der Waals surface area contributed by atoms with Crippen molar-refractivity contribution in [1.29, 1.82) is 0 Å². The first-order chi connectivity index (χ1) is 8.29. The molecule has 0 bridgehead atoms. The molecule has 3 rings (SSSR count). The Labute approximate surface area is 104 Å². The van der Waals surface area contributed by atoms with Crippen LogP contribution in [0.3, 0.4) is 0 Å². The van der Waals surface area contributed by atoms with Gasteiger partial charge >= 0.3 is 0 Å². The summed E-state index contributed by atoms with van der Waals surface area (Å²) >= 11 is 0. The lowest BCUT2D eigenvalue weighted by atomic mass is 9.80. The number of hydrogen-bond acceptors (Lipinski definition) is 0. The molecule has 0 nitrogen and oxygen atoms in total. The molecule has 2 unspecified atom stereocenters. The van der Waals surface area contributed by atoms with E-state index in [4.69, 9.17) is 0 Å². The Hall–Kier alpha value is -1.30. The van der Waals surface area contributed by atoms with Crippen molar-refractivity contribution >= 4 is 5.57 Å². The largest absolute Gasteiger partial charge is 0.0845 e. The van der Waals surface area contributed by atoms with Gasteiger partial charge in [-0.15, -0.1) is 0 Å². The average Bonchev–Trinajstić information content (AvgIpc) is 2.48. The number of benzene rings is 1. The molecule has 1 aromatic rings. The first-order valence-corrected chi connectivity index (χ1v) is 6.75. The lowest BCUT2D eigenvalue weighted by Gasteiger charge is -2.24. The van der Waals surface area contributed by atoms with Crippen LogP contribution in [0.5, 0.6) is 0 Å². The summed E-state index contributed by atoms with van der Waals surface area (Å²) in [6, 6.07) is 9.00. The maximum absolute atomic E-state index is 2.36. The second-order valence-corrected chi connectivity index (χ2v) is 5.59. The topological polar surface area (TPSA) is 0 Å². The molecule has 0 spiro atoms. The van der Waals surface area contributed by atoms with Gasteiger partial charge in [-0.1, -0.05) is 56.3 Å². The summed E-state index contributed by atoms with van der Waals surface area (Å²) in [5, 5.41) is 0. The fourth-order valence-electron chi connectivity index (χ4n) is 3.58. The van der Waals surface area contributed by atoms with Gasteiger partial charge in [-0.25, -0.2) is 0 Å². The number of rotatable bonds is 1. The van der Waals surface area contributed by atoms with Gasteiger partial charge < -0.3 is 0 Å². The van der Waals surface area contributed by atoms with E-state index in [0.29, 0.717) is 0 Å². The van der Waals surface area contributed by atoms with Crippen LogP contribution in [0.4, 0.5) is 0 Å². The summed E-state index contributed by atoms with van der Waals surface area (Å²) < 4.78 is 0. The molecule has 0 heterocycles. The van der Waals surface area contributed by atoms with Crippen molar-refractivity contribution in [3.63, 3.8) is 0 Å². The van der Waals surface area contributed by atoms with Gasteiger partial charge in [0.15, 0.2) is 0 Å². The summed E-state index contributed by atoms with van der Waals surface area (Å²) in [6.45, 7) is 4.73. The Morgan fingerprint density at radius 1 is 1.18 bits per heavy atom. The molecule has 0 saturated carbocycles. The van der Waals surface area contributed by atoms with Crippen LogP contribution in [0.25, 0.3) is 5.57 Å². The Bertz CT molecular complexity index is 477. The molecule has 1 aromatic carbocycles. The van der Waals surface area contributed by atoms with E-state index in [2.05, 4.69) is 56.3 Å². The Morgan fingerprint density at radius 2 is 2.00 bits per heavy atom. The van der Waals surface area contributed by atoms with Gasteiger partial charge in [0.1, 0.15) is 0 Å². The van der Waals surface area contributed by atoms with Crippen LogP contribution >= 0.6 is 0 Å². The molecule has 17 heavy (non-hydrogen) atoms. The molecule has 0 heteroatoms. The molecule has 0 aliphatic heterocycles. The van der Waals surface area contributed by atoms with E-state index >= 15 is 0 Å². The van der Waals surface area contributed by atoms with Gasteiger partial charge in [-0.3, -0.25) is 0 Å². The first-order valence-electron chi connectivity index (χ1n) is 6.75. The van der Waals surface area contributed by atoms with Crippen LogP contribution in [0, 0.1) is 11.8 Å². The van der Waals surface area contributed by atoms with E-state index in [1.807, 2.05) is 0 Å². The molecule has 0 fully saturated rings. The van der Waals surface area contributed by atoms with Crippen molar-refractivity contribution in [1.82, 2.24) is 0 Å².